The van der Waals surface area contributed by atoms with Gasteiger partial charge < -0.3 is 24.9 Å². The fraction of sp³-hybridized carbons (Fsp3) is 0.304. The van der Waals surface area contributed by atoms with Crippen molar-refractivity contribution >= 4 is 40.2 Å². The van der Waals surface area contributed by atoms with Crippen LogP contribution in [0.15, 0.2) is 42.5 Å². The Bertz CT molecular complexity index is 1180. The maximum absolute atomic E-state index is 12.9. The normalized spacial score (nSPS) is 11.7. The highest BCUT2D eigenvalue weighted by Gasteiger charge is 2.22. The first-order valence-corrected chi connectivity index (χ1v) is 11.5. The molecule has 0 unspecified atom stereocenters. The van der Waals surface area contributed by atoms with Gasteiger partial charge >= 0.3 is 5.97 Å². The number of H-pyrrole nitrogens is 1. The molecule has 0 bridgehead atoms. The van der Waals surface area contributed by atoms with Crippen LogP contribution >= 0.6 is 11.8 Å². The van der Waals surface area contributed by atoms with E-state index in [1.54, 1.807) is 24.9 Å². The number of nitrogens with zero attached hydrogens (tertiary/aromatic N) is 1. The molecule has 3 aromatic rings. The second kappa shape index (κ2) is 11.5. The fourth-order valence-corrected chi connectivity index (χ4v) is 4.41. The lowest BCUT2D eigenvalue weighted by Gasteiger charge is -2.17. The molecule has 1 amide bonds. The van der Waals surface area contributed by atoms with E-state index in [-0.39, 0.29) is 29.9 Å². The minimum Gasteiger partial charge on any atom is -0.497 e. The van der Waals surface area contributed by atoms with E-state index < -0.39 is 22.8 Å². The summed E-state index contributed by atoms with van der Waals surface area (Å²) >= 11 is 1.54. The van der Waals surface area contributed by atoms with Crippen molar-refractivity contribution in [1.82, 2.24) is 10.3 Å². The van der Waals surface area contributed by atoms with E-state index in [1.165, 1.54) is 19.2 Å². The summed E-state index contributed by atoms with van der Waals surface area (Å²) in [6, 6.07) is 11.4. The average Bonchev–Trinajstić information content (AvgIpc) is 3.27. The Kier molecular flexibility index (Phi) is 8.50. The van der Waals surface area contributed by atoms with Gasteiger partial charge in [-0.05, 0) is 35.4 Å². The van der Waals surface area contributed by atoms with Crippen LogP contribution < -0.4 is 10.1 Å². The minimum atomic E-state index is -0.574. The zero-order valence-corrected chi connectivity index (χ0v) is 19.5. The van der Waals surface area contributed by atoms with Crippen LogP contribution in [0.1, 0.15) is 28.0 Å². The number of hydrogen-bond acceptors (Lipinski definition) is 8. The zero-order chi connectivity index (χ0) is 24.7. The zero-order valence-electron chi connectivity index (χ0n) is 18.7. The second-order valence-corrected chi connectivity index (χ2v) is 8.52. The standard InChI is InChI=1S/C23H25N3O7S/c1-32-18-5-3-14(4-6-18)12-34-13-17(10-21(28)33-2)24-23(29)19-9-16-7-15(11-27)8-20(26(30)31)22(16)25-19/h3-9,17,25,27H,10-13H2,1-2H3,(H,24,29)/t17-/m1/s1. The van der Waals surface area contributed by atoms with Gasteiger partial charge in [0.1, 0.15) is 17.0 Å². The Morgan fingerprint density at radius 3 is 2.53 bits per heavy atom. The molecule has 180 valence electrons. The van der Waals surface area contributed by atoms with Crippen LogP contribution in [-0.2, 0) is 21.9 Å². The third-order valence-electron chi connectivity index (χ3n) is 5.11. The van der Waals surface area contributed by atoms with E-state index in [0.717, 1.165) is 11.3 Å². The number of aliphatic hydroxyl groups is 1. The lowest BCUT2D eigenvalue weighted by Crippen LogP contribution is -2.38. The monoisotopic (exact) mass is 487 g/mol. The summed E-state index contributed by atoms with van der Waals surface area (Å²) in [6.07, 6.45) is -0.0209. The number of ether oxygens (including phenoxy) is 2. The lowest BCUT2D eigenvalue weighted by atomic mass is 10.1. The number of carbonyl (C=O) groups excluding carboxylic acids is 2. The molecular weight excluding hydrogens is 462 g/mol. The molecule has 10 nitrogen and oxygen atoms in total. The Hall–Kier alpha value is -3.57. The maximum atomic E-state index is 12.9. The number of nitro groups is 1. The molecule has 1 heterocycles. The van der Waals surface area contributed by atoms with Gasteiger partial charge in [0.15, 0.2) is 0 Å². The summed E-state index contributed by atoms with van der Waals surface area (Å²) in [4.78, 5) is 38.4. The number of non-ortho nitro benzene ring substituents is 1. The van der Waals surface area contributed by atoms with E-state index >= 15 is 0 Å². The molecule has 0 saturated heterocycles. The molecule has 0 radical (unpaired) electrons. The molecule has 3 N–H and O–H groups in total. The van der Waals surface area contributed by atoms with Crippen LogP contribution in [0, 0.1) is 10.1 Å². The number of aliphatic hydroxyl groups excluding tert-OH is 1. The van der Waals surface area contributed by atoms with Crippen molar-refractivity contribution in [2.45, 2.75) is 24.8 Å². The predicted octanol–water partition coefficient (Wildman–Crippen LogP) is 3.17. The number of methoxy groups -OCH3 is 2. The summed E-state index contributed by atoms with van der Waals surface area (Å²) < 4.78 is 9.90. The summed E-state index contributed by atoms with van der Waals surface area (Å²) in [5.74, 6) is 0.904. The van der Waals surface area contributed by atoms with Crippen LogP contribution in [-0.4, -0.2) is 52.9 Å². The summed E-state index contributed by atoms with van der Waals surface area (Å²) in [5, 5.41) is 24.0. The first-order valence-electron chi connectivity index (χ1n) is 10.3. The molecule has 0 aliphatic rings. The van der Waals surface area contributed by atoms with Crippen LogP contribution in [0.5, 0.6) is 5.75 Å². The molecule has 1 atom stereocenters. The number of nitrogens with one attached hydrogen (secondary N) is 2. The van der Waals surface area contributed by atoms with Gasteiger partial charge in [-0.1, -0.05) is 12.1 Å². The van der Waals surface area contributed by atoms with Gasteiger partial charge in [0, 0.05) is 29.0 Å². The highest BCUT2D eigenvalue weighted by Crippen LogP contribution is 2.28. The van der Waals surface area contributed by atoms with E-state index in [1.807, 2.05) is 24.3 Å². The van der Waals surface area contributed by atoms with E-state index in [2.05, 4.69) is 10.3 Å². The van der Waals surface area contributed by atoms with Crippen molar-refractivity contribution in [3.05, 3.63) is 69.4 Å². The smallest absolute Gasteiger partial charge is 0.307 e. The number of hydrogen-bond donors (Lipinski definition) is 3. The van der Waals surface area contributed by atoms with Crippen LogP contribution in [0.4, 0.5) is 5.69 Å². The van der Waals surface area contributed by atoms with Crippen molar-refractivity contribution in [2.24, 2.45) is 0 Å². The van der Waals surface area contributed by atoms with Gasteiger partial charge in [0.2, 0.25) is 0 Å². The largest absolute Gasteiger partial charge is 0.497 e. The molecule has 0 fully saturated rings. The Balaban J connectivity index is 1.72. The molecule has 0 saturated carbocycles. The third kappa shape index (κ3) is 6.27. The number of thioether (sulfide) groups is 1. The highest BCUT2D eigenvalue weighted by molar-refractivity contribution is 7.98. The maximum Gasteiger partial charge on any atom is 0.307 e. The number of carbonyl (C=O) groups is 2. The number of benzene rings is 2. The number of aromatic amines is 1. The van der Waals surface area contributed by atoms with Crippen molar-refractivity contribution in [2.75, 3.05) is 20.0 Å². The van der Waals surface area contributed by atoms with Gasteiger partial charge in [-0.15, -0.1) is 0 Å². The number of esters is 1. The Labute approximate surface area is 199 Å². The summed E-state index contributed by atoms with van der Waals surface area (Å²) in [7, 11) is 2.88. The van der Waals surface area contributed by atoms with Gasteiger partial charge in [-0.3, -0.25) is 19.7 Å². The number of rotatable bonds is 11. The van der Waals surface area contributed by atoms with Gasteiger partial charge in [-0.25, -0.2) is 0 Å². The molecule has 3 rings (SSSR count). The number of amides is 1. The van der Waals surface area contributed by atoms with E-state index in [4.69, 9.17) is 9.47 Å². The van der Waals surface area contributed by atoms with Crippen LogP contribution in [0.25, 0.3) is 10.9 Å². The SMILES string of the molecule is COC(=O)C[C@H](CSCc1ccc(OC)cc1)NC(=O)c1cc2cc(CO)cc([N+](=O)[O-])c2[nH]1. The Morgan fingerprint density at radius 1 is 1.18 bits per heavy atom. The highest BCUT2D eigenvalue weighted by atomic mass is 32.2. The average molecular weight is 488 g/mol. The van der Waals surface area contributed by atoms with Gasteiger partial charge in [0.25, 0.3) is 11.6 Å². The van der Waals surface area contributed by atoms with Crippen molar-refractivity contribution in [3.8, 4) is 5.75 Å². The number of aromatic nitrogens is 1. The summed E-state index contributed by atoms with van der Waals surface area (Å²) in [6.45, 7) is -0.365. The second-order valence-electron chi connectivity index (χ2n) is 7.49. The molecule has 2 aromatic carbocycles. The van der Waals surface area contributed by atoms with Crippen molar-refractivity contribution in [3.63, 3.8) is 0 Å². The molecule has 11 heteroatoms. The molecule has 34 heavy (non-hydrogen) atoms. The number of fused-ring (bicyclic) bond motifs is 1. The minimum absolute atomic E-state index is 0.0209. The molecular formula is C23H25N3O7S. The Morgan fingerprint density at radius 2 is 1.91 bits per heavy atom. The van der Waals surface area contributed by atoms with Crippen molar-refractivity contribution in [1.29, 1.82) is 0 Å². The van der Waals surface area contributed by atoms with Crippen LogP contribution in [0.3, 0.4) is 0 Å². The fourth-order valence-electron chi connectivity index (χ4n) is 3.38. The predicted molar refractivity (Wildman–Crippen MR) is 128 cm³/mol. The molecule has 0 aliphatic heterocycles. The van der Waals surface area contributed by atoms with Crippen LogP contribution in [0.2, 0.25) is 0 Å². The first-order chi connectivity index (χ1) is 16.3. The number of nitro benzene ring substituents is 1. The lowest BCUT2D eigenvalue weighted by molar-refractivity contribution is -0.383. The van der Waals surface area contributed by atoms with Crippen molar-refractivity contribution < 1.29 is 29.1 Å². The molecule has 1 aromatic heterocycles. The summed E-state index contributed by atoms with van der Waals surface area (Å²) in [5.41, 5.74) is 1.50. The van der Waals surface area contributed by atoms with E-state index in [0.29, 0.717) is 22.5 Å². The molecule has 0 spiro atoms. The third-order valence-corrected chi connectivity index (χ3v) is 6.29. The quantitative estimate of drug-likeness (QED) is 0.213. The van der Waals surface area contributed by atoms with Gasteiger partial charge in [-0.2, -0.15) is 11.8 Å². The van der Waals surface area contributed by atoms with Gasteiger partial charge in [0.05, 0.1) is 32.2 Å². The molecule has 0 aliphatic carbocycles. The van der Waals surface area contributed by atoms with E-state index in [9.17, 15) is 24.8 Å². The first kappa shape index (κ1) is 25.1. The topological polar surface area (TPSA) is 144 Å².